The largest absolute Gasteiger partial charge is 0.460 e. The van der Waals surface area contributed by atoms with Crippen LogP contribution in [0.25, 0.3) is 0 Å². The number of ketones is 1. The molecular formula is C18H21F17O4S2. The second-order valence-electron chi connectivity index (χ2n) is 9.53. The first-order chi connectivity index (χ1) is 17.4. The first-order valence-corrected chi connectivity index (χ1v) is 13.9. The molecule has 23 heteroatoms. The highest BCUT2D eigenvalue weighted by molar-refractivity contribution is 8.33. The number of alkyl halides is 17. The smallest absolute Gasteiger partial charge is 0.299 e. The van der Waals surface area contributed by atoms with Crippen LogP contribution in [0.3, 0.4) is 0 Å². The minimum absolute atomic E-state index is 0.0347. The van der Waals surface area contributed by atoms with Crippen molar-refractivity contribution in [2.24, 2.45) is 0 Å². The van der Waals surface area contributed by atoms with Crippen LogP contribution in [0.4, 0.5) is 74.6 Å². The third kappa shape index (κ3) is 5.95. The topological polar surface area (TPSA) is 60.4 Å². The molecule has 4 nitrogen and oxygen atoms in total. The maximum absolute atomic E-state index is 14.4. The van der Waals surface area contributed by atoms with Crippen molar-refractivity contribution in [2.45, 2.75) is 92.2 Å². The van der Waals surface area contributed by atoms with E-state index in [1.165, 1.54) is 6.92 Å². The molecule has 0 aliphatic heterocycles. The molecule has 0 aliphatic rings. The molecule has 0 amide bonds. The van der Waals surface area contributed by atoms with Gasteiger partial charge in [-0.3, -0.25) is 4.79 Å². The Hall–Kier alpha value is -1.26. The summed E-state index contributed by atoms with van der Waals surface area (Å²) in [6, 6.07) is 0. The van der Waals surface area contributed by atoms with Crippen molar-refractivity contribution in [2.75, 3.05) is 12.0 Å². The SMILES string of the molecule is CCCC(=O)CS(C)(OS(=O)(=O)C(F)(F)C(F)(F)C(F)(F)C(F)(F)C(F)(F)C(F)(F)C(F)(F)C(F)(F)F)C(C)(C)C. The molecule has 0 radical (unpaired) electrons. The van der Waals surface area contributed by atoms with E-state index in [0.717, 1.165) is 20.8 Å². The van der Waals surface area contributed by atoms with Gasteiger partial charge in [-0.1, -0.05) is 27.7 Å². The lowest BCUT2D eigenvalue weighted by molar-refractivity contribution is -0.458. The second-order valence-corrected chi connectivity index (χ2v) is 15.0. The fourth-order valence-corrected chi connectivity index (χ4v) is 7.11. The molecule has 0 N–H and O–H groups in total. The number of hydrogen-bond donors (Lipinski definition) is 0. The van der Waals surface area contributed by atoms with E-state index in [0.29, 0.717) is 6.26 Å². The van der Waals surface area contributed by atoms with Gasteiger partial charge in [-0.2, -0.15) is 83.1 Å². The molecule has 0 bridgehead atoms. The van der Waals surface area contributed by atoms with E-state index in [4.69, 9.17) is 0 Å². The lowest BCUT2D eigenvalue weighted by Gasteiger charge is -2.46. The van der Waals surface area contributed by atoms with E-state index in [1.807, 2.05) is 0 Å². The lowest BCUT2D eigenvalue weighted by Crippen LogP contribution is -2.75. The highest BCUT2D eigenvalue weighted by Crippen LogP contribution is 2.66. The highest BCUT2D eigenvalue weighted by Gasteiger charge is 2.96. The molecule has 0 aromatic rings. The summed E-state index contributed by atoms with van der Waals surface area (Å²) in [5.74, 6) is -54.3. The Morgan fingerprint density at radius 2 is 0.927 bits per heavy atom. The minimum atomic E-state index is -8.93. The van der Waals surface area contributed by atoms with Gasteiger partial charge in [0.1, 0.15) is 5.78 Å². The number of carbonyl (C=O) groups excluding carboxylic acids is 1. The standard InChI is InChI=1S/C18H21F17O4S2/c1-6-7-9(36)8-40(5,10(2,3)4)39-41(37,38)18(34,35)16(29,30)14(25,26)12(21,22)11(19,20)13(23,24)15(27,28)17(31,32)33/h6-8H2,1-5H3. The van der Waals surface area contributed by atoms with Crippen LogP contribution in [-0.2, 0) is 18.5 Å². The van der Waals surface area contributed by atoms with E-state index in [2.05, 4.69) is 3.63 Å². The van der Waals surface area contributed by atoms with E-state index >= 15 is 0 Å². The van der Waals surface area contributed by atoms with Crippen molar-refractivity contribution in [1.29, 1.82) is 0 Å². The second kappa shape index (κ2) is 10.7. The third-order valence-corrected chi connectivity index (χ3v) is 11.8. The zero-order valence-corrected chi connectivity index (χ0v) is 22.6. The Labute approximate surface area is 222 Å². The molecule has 0 aliphatic carbocycles. The number of halogens is 17. The van der Waals surface area contributed by atoms with Crippen LogP contribution < -0.4 is 0 Å². The molecule has 1 unspecified atom stereocenters. The Kier molecular flexibility index (Phi) is 10.4. The van der Waals surface area contributed by atoms with Crippen LogP contribution >= 0.6 is 10.3 Å². The van der Waals surface area contributed by atoms with Crippen LogP contribution in [0.2, 0.25) is 0 Å². The van der Waals surface area contributed by atoms with Crippen molar-refractivity contribution >= 4 is 26.2 Å². The minimum Gasteiger partial charge on any atom is -0.299 e. The average molecular weight is 688 g/mol. The molecule has 0 heterocycles. The predicted molar refractivity (Wildman–Crippen MR) is 109 cm³/mol. The van der Waals surface area contributed by atoms with Gasteiger partial charge in [0.25, 0.3) is 0 Å². The number of hydrogen-bond acceptors (Lipinski definition) is 4. The van der Waals surface area contributed by atoms with Gasteiger partial charge in [0.2, 0.25) is 0 Å². The van der Waals surface area contributed by atoms with Gasteiger partial charge in [0.15, 0.2) is 0 Å². The average Bonchev–Trinajstić information content (AvgIpc) is 2.70. The summed E-state index contributed by atoms with van der Waals surface area (Å²) in [6.45, 7) is 4.21. The molecule has 0 aromatic carbocycles. The monoisotopic (exact) mass is 688 g/mol. The summed E-state index contributed by atoms with van der Waals surface area (Å²) >= 11 is 0. The summed E-state index contributed by atoms with van der Waals surface area (Å²) in [6.07, 6.45) is -7.74. The van der Waals surface area contributed by atoms with Crippen molar-refractivity contribution < 1.29 is 91.5 Å². The lowest BCUT2D eigenvalue weighted by atomic mass is 9.91. The maximum atomic E-state index is 14.4. The Morgan fingerprint density at radius 3 is 1.22 bits per heavy atom. The van der Waals surface area contributed by atoms with Gasteiger partial charge in [-0.15, -0.1) is 10.3 Å². The fraction of sp³-hybridized carbons (Fsp3) is 0.944. The summed E-state index contributed by atoms with van der Waals surface area (Å²) in [5, 5.41) is -7.79. The molecular weight excluding hydrogens is 667 g/mol. The van der Waals surface area contributed by atoms with Crippen LogP contribution in [-0.4, -0.2) is 77.9 Å². The molecule has 0 fully saturated rings. The molecule has 248 valence electrons. The Balaban J connectivity index is 7.10. The Morgan fingerprint density at radius 1 is 0.610 bits per heavy atom. The van der Waals surface area contributed by atoms with E-state index in [-0.39, 0.29) is 6.42 Å². The van der Waals surface area contributed by atoms with Crippen molar-refractivity contribution in [1.82, 2.24) is 0 Å². The summed E-state index contributed by atoms with van der Waals surface area (Å²) in [5.41, 5.74) is 0. The van der Waals surface area contributed by atoms with Crippen LogP contribution in [0.15, 0.2) is 0 Å². The van der Waals surface area contributed by atoms with E-state index < -0.39 is 90.1 Å². The summed E-state index contributed by atoms with van der Waals surface area (Å²) in [4.78, 5) is 12.0. The molecule has 0 rings (SSSR count). The van der Waals surface area contributed by atoms with Gasteiger partial charge in [-0.25, -0.2) is 3.63 Å². The van der Waals surface area contributed by atoms with Crippen LogP contribution in [0, 0.1) is 0 Å². The van der Waals surface area contributed by atoms with Gasteiger partial charge in [0.05, 0.1) is 5.75 Å². The van der Waals surface area contributed by atoms with Crippen LogP contribution in [0.5, 0.6) is 0 Å². The first-order valence-electron chi connectivity index (χ1n) is 10.4. The number of carbonyl (C=O) groups is 1. The molecule has 41 heavy (non-hydrogen) atoms. The number of Topliss-reactive ketones (excluding diaryl/α,β-unsaturated/α-hetero) is 1. The summed E-state index contributed by atoms with van der Waals surface area (Å²) in [7, 11) is -11.8. The maximum Gasteiger partial charge on any atom is 0.460 e. The summed E-state index contributed by atoms with van der Waals surface area (Å²) < 4.78 is 255. The van der Waals surface area contributed by atoms with Crippen molar-refractivity contribution in [3.05, 3.63) is 0 Å². The zero-order valence-electron chi connectivity index (χ0n) is 21.0. The zero-order chi connectivity index (χ0) is 33.9. The fourth-order valence-electron chi connectivity index (χ4n) is 2.55. The predicted octanol–water partition coefficient (Wildman–Crippen LogP) is 7.82. The molecule has 0 spiro atoms. The van der Waals surface area contributed by atoms with Gasteiger partial charge >= 0.3 is 57.1 Å². The van der Waals surface area contributed by atoms with Gasteiger partial charge < -0.3 is 0 Å². The molecule has 0 saturated carbocycles. The normalized spacial score (nSPS) is 18.2. The number of rotatable bonds is 13. The first kappa shape index (κ1) is 39.7. The van der Waals surface area contributed by atoms with Crippen LogP contribution in [0.1, 0.15) is 40.5 Å². The molecule has 0 aromatic heterocycles. The quantitative estimate of drug-likeness (QED) is 0.185. The van der Waals surface area contributed by atoms with Gasteiger partial charge in [0, 0.05) is 11.2 Å². The highest BCUT2D eigenvalue weighted by atomic mass is 32.3. The van der Waals surface area contributed by atoms with Gasteiger partial charge in [-0.05, 0) is 12.7 Å². The van der Waals surface area contributed by atoms with E-state index in [1.54, 1.807) is 0 Å². The third-order valence-electron chi connectivity index (χ3n) is 5.51. The Bertz CT molecular complexity index is 1080. The van der Waals surface area contributed by atoms with E-state index in [9.17, 15) is 87.8 Å². The van der Waals surface area contributed by atoms with Crippen molar-refractivity contribution in [3.63, 3.8) is 0 Å². The molecule has 0 saturated heterocycles. The van der Waals surface area contributed by atoms with Crippen molar-refractivity contribution in [3.8, 4) is 0 Å². The molecule has 1 atom stereocenters.